The van der Waals surface area contributed by atoms with Crippen molar-refractivity contribution in [3.63, 3.8) is 0 Å². The average Bonchev–Trinajstić information content (AvgIpc) is 3.78. The third kappa shape index (κ3) is 9.46. The van der Waals surface area contributed by atoms with Gasteiger partial charge in [-0.05, 0) is 85.0 Å². The molecule has 1 saturated heterocycles. The Hall–Kier alpha value is -4.70. The molecule has 0 bridgehead atoms. The van der Waals surface area contributed by atoms with Crippen LogP contribution in [-0.4, -0.2) is 76.2 Å². The molecule has 0 radical (unpaired) electrons. The van der Waals surface area contributed by atoms with Gasteiger partial charge in [-0.1, -0.05) is 41.9 Å². The first-order valence-corrected chi connectivity index (χ1v) is 18.4. The van der Waals surface area contributed by atoms with Crippen LogP contribution in [0.15, 0.2) is 67.0 Å². The summed E-state index contributed by atoms with van der Waals surface area (Å²) in [5.74, 6) is 0.654. The third-order valence-corrected chi connectivity index (χ3v) is 10.2. The van der Waals surface area contributed by atoms with Crippen molar-refractivity contribution in [2.45, 2.75) is 70.4 Å². The number of benzene rings is 3. The highest BCUT2D eigenvalue weighted by molar-refractivity contribution is 6.32. The number of carbonyl (C=O) groups is 1. The molecule has 11 nitrogen and oxygen atoms in total. The summed E-state index contributed by atoms with van der Waals surface area (Å²) in [5.41, 5.74) is 7.34. The van der Waals surface area contributed by atoms with E-state index in [1.165, 1.54) is 11.8 Å². The molecule has 1 fully saturated rings. The number of carboxylic acid groups (broad SMARTS) is 1. The number of carboxylic acids is 1. The highest BCUT2D eigenvalue weighted by Gasteiger charge is 2.29. The molecule has 1 aromatic heterocycles. The number of aromatic nitrogens is 1. The van der Waals surface area contributed by atoms with E-state index in [9.17, 15) is 25.4 Å². The Morgan fingerprint density at radius 3 is 2.70 bits per heavy atom. The molecule has 278 valence electrons. The number of β-amino-alcohol motifs (C(OH)–C–C–N with tert-alkyl or cyclic N) is 1. The van der Waals surface area contributed by atoms with Crippen molar-refractivity contribution in [3.8, 4) is 34.4 Å². The monoisotopic (exact) mass is 740 g/mol. The fourth-order valence-corrected chi connectivity index (χ4v) is 7.33. The average molecular weight is 741 g/mol. The summed E-state index contributed by atoms with van der Waals surface area (Å²) in [4.78, 5) is 18.1. The lowest BCUT2D eigenvalue weighted by Crippen LogP contribution is -2.37. The smallest absolute Gasteiger partial charge is 0.320 e. The van der Waals surface area contributed by atoms with Gasteiger partial charge in [0, 0.05) is 62.4 Å². The Balaban J connectivity index is 1.20. The van der Waals surface area contributed by atoms with Crippen molar-refractivity contribution in [1.82, 2.24) is 15.2 Å². The van der Waals surface area contributed by atoms with Crippen LogP contribution in [0.2, 0.25) is 5.02 Å². The van der Waals surface area contributed by atoms with E-state index in [2.05, 4.69) is 46.4 Å². The minimum atomic E-state index is -1.07. The van der Waals surface area contributed by atoms with Crippen LogP contribution >= 0.6 is 11.6 Å². The van der Waals surface area contributed by atoms with Gasteiger partial charge in [0.1, 0.15) is 42.1 Å². The summed E-state index contributed by atoms with van der Waals surface area (Å²) < 4.78 is 19.1. The van der Waals surface area contributed by atoms with Crippen LogP contribution in [0.1, 0.15) is 65.2 Å². The van der Waals surface area contributed by atoms with Crippen molar-refractivity contribution < 1.29 is 34.3 Å². The summed E-state index contributed by atoms with van der Waals surface area (Å²) in [7, 11) is 0. The number of aliphatic hydroxyl groups excluding tert-OH is 2. The van der Waals surface area contributed by atoms with Crippen LogP contribution in [-0.2, 0) is 24.4 Å². The fourth-order valence-electron chi connectivity index (χ4n) is 7.10. The van der Waals surface area contributed by atoms with Gasteiger partial charge in [-0.15, -0.1) is 0 Å². The lowest BCUT2D eigenvalue weighted by Gasteiger charge is -2.21. The van der Waals surface area contributed by atoms with E-state index in [-0.39, 0.29) is 38.4 Å². The largest absolute Gasteiger partial charge is 0.493 e. The van der Waals surface area contributed by atoms with E-state index < -0.39 is 12.0 Å². The van der Waals surface area contributed by atoms with E-state index >= 15 is 0 Å². The van der Waals surface area contributed by atoms with Crippen molar-refractivity contribution in [1.29, 1.82) is 5.26 Å². The molecule has 4 aromatic rings. The third-order valence-electron chi connectivity index (χ3n) is 9.87. The Bertz CT molecular complexity index is 1950. The number of hydrogen-bond acceptors (Lipinski definition) is 10. The number of likely N-dealkylation sites (tertiary alicyclic amines) is 1. The highest BCUT2D eigenvalue weighted by Crippen LogP contribution is 2.44. The summed E-state index contributed by atoms with van der Waals surface area (Å²) in [6, 6.07) is 18.7. The number of nitrogens with one attached hydrogen (secondary N) is 1. The number of aliphatic carboxylic acids is 1. The Morgan fingerprint density at radius 1 is 1.09 bits per heavy atom. The summed E-state index contributed by atoms with van der Waals surface area (Å²) >= 11 is 6.82. The topological polar surface area (TPSA) is 157 Å². The van der Waals surface area contributed by atoms with Gasteiger partial charge in [0.2, 0.25) is 0 Å². The first-order valence-electron chi connectivity index (χ1n) is 18.0. The minimum Gasteiger partial charge on any atom is -0.493 e. The molecule has 0 spiro atoms. The summed E-state index contributed by atoms with van der Waals surface area (Å²) in [6.07, 6.45) is 5.94. The van der Waals surface area contributed by atoms with Gasteiger partial charge in [-0.2, -0.15) is 5.26 Å². The zero-order valence-electron chi connectivity index (χ0n) is 29.8. The molecule has 6 rings (SSSR count). The molecule has 1 unspecified atom stereocenters. The second-order valence-electron chi connectivity index (χ2n) is 13.5. The van der Waals surface area contributed by atoms with E-state index in [0.717, 1.165) is 73.3 Å². The maximum atomic E-state index is 11.7. The van der Waals surface area contributed by atoms with E-state index in [1.54, 1.807) is 24.4 Å². The first kappa shape index (κ1) is 38.0. The standard InChI is InChI=1S/C41H45ClN4O7/c1-26-31(5-3-8-37(26)51-16-4-13-46-14-11-30(48)24-46)32-6-2-7-34-33(32)9-10-38(34)53-40-19-39(52-25-28-17-27(20-43)21-44-22-28)29(18-35(40)42)23-45-36(12-15-47)41(49)50/h2-3,5-8,17-19,21-22,30,36,38,45,47-48H,4,9-16,23-25H2,1H3,(H,49,50)/t30-,36+,38?/m1/s1. The highest BCUT2D eigenvalue weighted by atomic mass is 35.5. The number of aliphatic hydroxyl groups is 2. The van der Waals surface area contributed by atoms with Gasteiger partial charge >= 0.3 is 5.97 Å². The molecule has 2 aliphatic rings. The van der Waals surface area contributed by atoms with Crippen LogP contribution < -0.4 is 19.5 Å². The second kappa shape index (κ2) is 17.9. The predicted octanol–water partition coefficient (Wildman–Crippen LogP) is 5.99. The summed E-state index contributed by atoms with van der Waals surface area (Å²) in [5, 5.41) is 41.4. The second-order valence-corrected chi connectivity index (χ2v) is 14.0. The van der Waals surface area contributed by atoms with Crippen LogP contribution in [0.3, 0.4) is 0 Å². The van der Waals surface area contributed by atoms with Crippen LogP contribution in [0.25, 0.3) is 11.1 Å². The van der Waals surface area contributed by atoms with Crippen molar-refractivity contribution in [3.05, 3.63) is 105 Å². The number of halogens is 1. The van der Waals surface area contributed by atoms with Crippen molar-refractivity contribution in [2.75, 3.05) is 32.8 Å². The molecule has 1 aliphatic carbocycles. The van der Waals surface area contributed by atoms with Gasteiger partial charge < -0.3 is 39.7 Å². The molecule has 12 heteroatoms. The quantitative estimate of drug-likeness (QED) is 0.0944. The maximum absolute atomic E-state index is 11.7. The number of hydrogen-bond donors (Lipinski definition) is 4. The lowest BCUT2D eigenvalue weighted by atomic mass is 9.93. The molecule has 1 aliphatic heterocycles. The summed E-state index contributed by atoms with van der Waals surface area (Å²) in [6.45, 7) is 5.22. The van der Waals surface area contributed by atoms with E-state index in [1.807, 2.05) is 18.2 Å². The minimum absolute atomic E-state index is 0.0400. The van der Waals surface area contributed by atoms with Gasteiger partial charge in [0.05, 0.1) is 23.3 Å². The molecule has 0 saturated carbocycles. The zero-order valence-corrected chi connectivity index (χ0v) is 30.5. The zero-order chi connectivity index (χ0) is 37.3. The SMILES string of the molecule is Cc1c(OCCCN2CC[C@@H](O)C2)cccc1-c1cccc2c1CCC2Oc1cc(OCc2cncc(C#N)c2)c(CN[C@@H](CCO)C(=O)O)cc1Cl. The molecular formula is C41H45ClN4O7. The molecule has 2 heterocycles. The van der Waals surface area contributed by atoms with Gasteiger partial charge in [-0.3, -0.25) is 9.78 Å². The van der Waals surface area contributed by atoms with Crippen molar-refractivity contribution >= 4 is 17.6 Å². The molecule has 53 heavy (non-hydrogen) atoms. The number of rotatable bonds is 17. The van der Waals surface area contributed by atoms with E-state index in [0.29, 0.717) is 39.8 Å². The molecule has 3 atom stereocenters. The number of fused-ring (bicyclic) bond motifs is 1. The number of ether oxygens (including phenoxy) is 3. The Morgan fingerprint density at radius 2 is 1.92 bits per heavy atom. The predicted molar refractivity (Wildman–Crippen MR) is 200 cm³/mol. The molecular weight excluding hydrogens is 696 g/mol. The maximum Gasteiger partial charge on any atom is 0.320 e. The van der Waals surface area contributed by atoms with Crippen LogP contribution in [0, 0.1) is 18.3 Å². The Labute approximate surface area is 314 Å². The fraction of sp³-hybridized carbons (Fsp3) is 0.390. The lowest BCUT2D eigenvalue weighted by molar-refractivity contribution is -0.140. The molecule has 4 N–H and O–H groups in total. The van der Waals surface area contributed by atoms with Crippen LogP contribution in [0.4, 0.5) is 0 Å². The molecule has 3 aromatic carbocycles. The Kier molecular flexibility index (Phi) is 12.8. The van der Waals surface area contributed by atoms with E-state index in [4.69, 9.17) is 25.8 Å². The van der Waals surface area contributed by atoms with Crippen molar-refractivity contribution in [2.24, 2.45) is 0 Å². The first-order chi connectivity index (χ1) is 25.7. The van der Waals surface area contributed by atoms with Gasteiger partial charge in [0.15, 0.2) is 0 Å². The van der Waals surface area contributed by atoms with Gasteiger partial charge in [-0.25, -0.2) is 0 Å². The number of nitriles is 1. The molecule has 0 amide bonds. The number of pyridine rings is 1. The normalized spacial score (nSPS) is 17.3. The van der Waals surface area contributed by atoms with Gasteiger partial charge in [0.25, 0.3) is 0 Å². The number of nitrogens with zero attached hydrogens (tertiary/aromatic N) is 3. The van der Waals surface area contributed by atoms with Crippen LogP contribution in [0.5, 0.6) is 17.2 Å².